The molecular formula is C22H27FN4O2. The predicted octanol–water partition coefficient (Wildman–Crippen LogP) is 3.33. The summed E-state index contributed by atoms with van der Waals surface area (Å²) in [4.78, 5) is 26.0. The number of halogens is 1. The molecule has 0 radical (unpaired) electrons. The first kappa shape index (κ1) is 22.1. The van der Waals surface area contributed by atoms with Gasteiger partial charge in [-0.05, 0) is 48.7 Å². The van der Waals surface area contributed by atoms with Crippen molar-refractivity contribution in [3.8, 4) is 0 Å². The summed E-state index contributed by atoms with van der Waals surface area (Å²) < 4.78 is 13.1. The lowest BCUT2D eigenvalue weighted by atomic mass is 10.2. The van der Waals surface area contributed by atoms with E-state index in [1.165, 1.54) is 18.2 Å². The second kappa shape index (κ2) is 11.6. The van der Waals surface area contributed by atoms with Gasteiger partial charge >= 0.3 is 0 Å². The fourth-order valence-electron chi connectivity index (χ4n) is 2.79. The number of nitrogens with zero attached hydrogens (tertiary/aromatic N) is 2. The van der Waals surface area contributed by atoms with Crippen LogP contribution in [0, 0.1) is 5.82 Å². The van der Waals surface area contributed by atoms with E-state index in [0.29, 0.717) is 0 Å². The van der Waals surface area contributed by atoms with E-state index in [2.05, 4.69) is 34.6 Å². The van der Waals surface area contributed by atoms with Crippen molar-refractivity contribution in [2.45, 2.75) is 26.7 Å². The average molecular weight is 398 g/mol. The Bertz CT molecular complexity index is 831. The van der Waals surface area contributed by atoms with E-state index in [1.807, 2.05) is 24.3 Å². The van der Waals surface area contributed by atoms with Crippen molar-refractivity contribution in [3.05, 3.63) is 65.5 Å². The van der Waals surface area contributed by atoms with Crippen LogP contribution in [0.1, 0.15) is 42.6 Å². The highest BCUT2D eigenvalue weighted by molar-refractivity contribution is 5.96. The lowest BCUT2D eigenvalue weighted by Crippen LogP contribution is -2.34. The van der Waals surface area contributed by atoms with E-state index in [9.17, 15) is 14.0 Å². The molecule has 2 N–H and O–H groups in total. The van der Waals surface area contributed by atoms with Gasteiger partial charge in [0.1, 0.15) is 5.82 Å². The van der Waals surface area contributed by atoms with Crippen LogP contribution in [-0.2, 0) is 4.79 Å². The molecule has 0 unspecified atom stereocenters. The Morgan fingerprint density at radius 2 is 1.76 bits per heavy atom. The monoisotopic (exact) mass is 398 g/mol. The van der Waals surface area contributed by atoms with Crippen molar-refractivity contribution in [2.24, 2.45) is 5.10 Å². The minimum Gasteiger partial charge on any atom is -0.372 e. The zero-order valence-electron chi connectivity index (χ0n) is 16.8. The molecule has 0 saturated heterocycles. The summed E-state index contributed by atoms with van der Waals surface area (Å²) in [5, 5.41) is 6.33. The van der Waals surface area contributed by atoms with E-state index in [0.717, 1.165) is 43.2 Å². The fourth-order valence-corrected chi connectivity index (χ4v) is 2.79. The molecule has 7 heteroatoms. The van der Waals surface area contributed by atoms with Crippen LogP contribution in [-0.4, -0.2) is 37.7 Å². The molecule has 0 atom stereocenters. The van der Waals surface area contributed by atoms with Crippen molar-refractivity contribution >= 4 is 23.7 Å². The molecule has 2 amide bonds. The topological polar surface area (TPSA) is 73.8 Å². The van der Waals surface area contributed by atoms with Crippen LogP contribution in [0.15, 0.2) is 53.6 Å². The smallest absolute Gasteiger partial charge is 0.259 e. The standard InChI is InChI=1S/C22H27FN4O2/c1-3-12-27(13-4-2)20-10-8-17(9-11-20)15-25-26-21(28)16-24-22(29)18-6-5-7-19(23)14-18/h5-11,14-15H,3-4,12-13,16H2,1-2H3,(H,24,29)(H,26,28)/b25-15-. The molecule has 6 nitrogen and oxygen atoms in total. The molecule has 0 heterocycles. The maximum Gasteiger partial charge on any atom is 0.259 e. The first-order chi connectivity index (χ1) is 14.0. The van der Waals surface area contributed by atoms with Gasteiger partial charge in [0.25, 0.3) is 11.8 Å². The van der Waals surface area contributed by atoms with Crippen LogP contribution in [0.2, 0.25) is 0 Å². The van der Waals surface area contributed by atoms with Crippen molar-refractivity contribution in [1.29, 1.82) is 0 Å². The van der Waals surface area contributed by atoms with E-state index in [1.54, 1.807) is 6.21 Å². The minimum absolute atomic E-state index is 0.154. The number of benzene rings is 2. The summed E-state index contributed by atoms with van der Waals surface area (Å²) in [5.74, 6) is -1.51. The van der Waals surface area contributed by atoms with E-state index in [4.69, 9.17) is 0 Å². The molecule has 2 rings (SSSR count). The molecule has 154 valence electrons. The van der Waals surface area contributed by atoms with Gasteiger partial charge in [0, 0.05) is 24.3 Å². The maximum absolute atomic E-state index is 13.1. The Kier molecular flexibility index (Phi) is 8.82. The highest BCUT2D eigenvalue weighted by atomic mass is 19.1. The number of nitrogens with one attached hydrogen (secondary N) is 2. The molecule has 0 bridgehead atoms. The number of rotatable bonds is 10. The highest BCUT2D eigenvalue weighted by Gasteiger charge is 2.08. The largest absolute Gasteiger partial charge is 0.372 e. The van der Waals surface area contributed by atoms with Crippen LogP contribution in [0.3, 0.4) is 0 Å². The normalized spacial score (nSPS) is 10.7. The number of hydrogen-bond donors (Lipinski definition) is 2. The van der Waals surface area contributed by atoms with Gasteiger partial charge in [0.15, 0.2) is 0 Å². The molecule has 2 aromatic carbocycles. The quantitative estimate of drug-likeness (QED) is 0.476. The Morgan fingerprint density at radius 1 is 1.07 bits per heavy atom. The molecule has 2 aromatic rings. The van der Waals surface area contributed by atoms with Crippen LogP contribution in [0.4, 0.5) is 10.1 Å². The van der Waals surface area contributed by atoms with Gasteiger partial charge in [0.2, 0.25) is 0 Å². The third kappa shape index (κ3) is 7.37. The Morgan fingerprint density at radius 3 is 2.38 bits per heavy atom. The van der Waals surface area contributed by atoms with Crippen LogP contribution in [0.5, 0.6) is 0 Å². The lowest BCUT2D eigenvalue weighted by Gasteiger charge is -2.23. The summed E-state index contributed by atoms with van der Waals surface area (Å²) in [6.07, 6.45) is 3.72. The number of amides is 2. The van der Waals surface area contributed by atoms with Gasteiger partial charge in [-0.1, -0.05) is 32.0 Å². The third-order valence-corrected chi connectivity index (χ3v) is 4.14. The molecule has 0 fully saturated rings. The van der Waals surface area contributed by atoms with E-state index < -0.39 is 17.6 Å². The first-order valence-electron chi connectivity index (χ1n) is 9.74. The van der Waals surface area contributed by atoms with Crippen LogP contribution >= 0.6 is 0 Å². The summed E-state index contributed by atoms with van der Waals surface area (Å²) >= 11 is 0. The number of carbonyl (C=O) groups is 2. The predicted molar refractivity (Wildman–Crippen MR) is 114 cm³/mol. The third-order valence-electron chi connectivity index (χ3n) is 4.14. The zero-order valence-corrected chi connectivity index (χ0v) is 16.8. The number of carbonyl (C=O) groups excluding carboxylic acids is 2. The van der Waals surface area contributed by atoms with Crippen molar-refractivity contribution in [3.63, 3.8) is 0 Å². The Balaban J connectivity index is 1.81. The molecule has 0 aromatic heterocycles. The maximum atomic E-state index is 13.1. The number of hydrazone groups is 1. The molecule has 0 aliphatic heterocycles. The second-order valence-corrected chi connectivity index (χ2v) is 6.56. The van der Waals surface area contributed by atoms with Gasteiger partial charge in [-0.15, -0.1) is 0 Å². The fraction of sp³-hybridized carbons (Fsp3) is 0.318. The molecule has 0 saturated carbocycles. The summed E-state index contributed by atoms with van der Waals surface area (Å²) in [7, 11) is 0. The summed E-state index contributed by atoms with van der Waals surface area (Å²) in [6, 6.07) is 13.2. The van der Waals surface area contributed by atoms with Gasteiger partial charge in [0.05, 0.1) is 12.8 Å². The molecule has 0 aliphatic rings. The van der Waals surface area contributed by atoms with Gasteiger partial charge in [-0.25, -0.2) is 9.82 Å². The first-order valence-corrected chi connectivity index (χ1v) is 9.74. The molecule has 0 aliphatic carbocycles. The van der Waals surface area contributed by atoms with Gasteiger partial charge < -0.3 is 10.2 Å². The summed E-state index contributed by atoms with van der Waals surface area (Å²) in [6.45, 7) is 6.09. The van der Waals surface area contributed by atoms with Crippen molar-refractivity contribution < 1.29 is 14.0 Å². The van der Waals surface area contributed by atoms with Crippen molar-refractivity contribution in [2.75, 3.05) is 24.5 Å². The zero-order chi connectivity index (χ0) is 21.1. The molecule has 0 spiro atoms. The van der Waals surface area contributed by atoms with Gasteiger partial charge in [-0.2, -0.15) is 5.10 Å². The Labute approximate surface area is 170 Å². The number of hydrogen-bond acceptors (Lipinski definition) is 4. The highest BCUT2D eigenvalue weighted by Crippen LogP contribution is 2.15. The second-order valence-electron chi connectivity index (χ2n) is 6.56. The molecular weight excluding hydrogens is 371 g/mol. The van der Waals surface area contributed by atoms with Gasteiger partial charge in [-0.3, -0.25) is 9.59 Å². The average Bonchev–Trinajstić information content (AvgIpc) is 2.72. The van der Waals surface area contributed by atoms with Crippen molar-refractivity contribution in [1.82, 2.24) is 10.7 Å². The SMILES string of the molecule is CCCN(CCC)c1ccc(/C=N\NC(=O)CNC(=O)c2cccc(F)c2)cc1. The summed E-state index contributed by atoms with van der Waals surface area (Å²) in [5.41, 5.74) is 4.53. The minimum atomic E-state index is -0.525. The number of anilines is 1. The van der Waals surface area contributed by atoms with E-state index in [-0.39, 0.29) is 12.1 Å². The van der Waals surface area contributed by atoms with Crippen LogP contribution < -0.4 is 15.6 Å². The van der Waals surface area contributed by atoms with E-state index >= 15 is 0 Å². The molecule has 29 heavy (non-hydrogen) atoms. The Hall–Kier alpha value is -3.22. The lowest BCUT2D eigenvalue weighted by molar-refractivity contribution is -0.120. The van der Waals surface area contributed by atoms with Crippen LogP contribution in [0.25, 0.3) is 0 Å².